The van der Waals surface area contributed by atoms with Gasteiger partial charge in [-0.05, 0) is 65.9 Å². The van der Waals surface area contributed by atoms with Crippen molar-refractivity contribution in [3.8, 4) is 5.75 Å². The lowest BCUT2D eigenvalue weighted by molar-refractivity contribution is 0.315. The fourth-order valence-electron chi connectivity index (χ4n) is 1.68. The monoisotopic (exact) mass is 299 g/mol. The van der Waals surface area contributed by atoms with E-state index in [1.807, 2.05) is 0 Å². The highest BCUT2D eigenvalue weighted by Crippen LogP contribution is 2.26. The molecule has 0 bridgehead atoms. The highest BCUT2D eigenvalue weighted by molar-refractivity contribution is 9.10. The molecule has 2 N–H and O–H groups in total. The van der Waals surface area contributed by atoms with Crippen molar-refractivity contribution >= 4 is 15.9 Å². The van der Waals surface area contributed by atoms with E-state index < -0.39 is 0 Å². The van der Waals surface area contributed by atoms with Crippen LogP contribution in [0.3, 0.4) is 0 Å². The van der Waals surface area contributed by atoms with Crippen LogP contribution in [0.1, 0.15) is 38.2 Å². The Hall–Kier alpha value is -0.540. The van der Waals surface area contributed by atoms with Gasteiger partial charge in [-0.15, -0.1) is 0 Å². The second-order valence-corrected chi connectivity index (χ2v) is 5.07. The van der Waals surface area contributed by atoms with Crippen LogP contribution in [0.15, 0.2) is 22.7 Å². The molecule has 0 aliphatic rings. The predicted octanol–water partition coefficient (Wildman–Crippen LogP) is 3.91. The van der Waals surface area contributed by atoms with Crippen molar-refractivity contribution in [2.45, 2.75) is 39.0 Å². The molecule has 17 heavy (non-hydrogen) atoms. The van der Waals surface area contributed by atoms with Gasteiger partial charge >= 0.3 is 0 Å². The lowest BCUT2D eigenvalue weighted by Gasteiger charge is -2.08. The van der Waals surface area contributed by atoms with Crippen LogP contribution in [-0.2, 0) is 6.42 Å². The van der Waals surface area contributed by atoms with Gasteiger partial charge in [0.25, 0.3) is 0 Å². The van der Waals surface area contributed by atoms with E-state index in [1.165, 1.54) is 18.4 Å². The third kappa shape index (κ3) is 5.55. The quantitative estimate of drug-likeness (QED) is 0.739. The molecule has 1 aromatic carbocycles. The van der Waals surface area contributed by atoms with Gasteiger partial charge < -0.3 is 10.5 Å². The summed E-state index contributed by atoms with van der Waals surface area (Å²) in [7, 11) is 0. The van der Waals surface area contributed by atoms with Crippen molar-refractivity contribution in [3.63, 3.8) is 0 Å². The van der Waals surface area contributed by atoms with Gasteiger partial charge in [0.2, 0.25) is 0 Å². The molecule has 3 heteroatoms. The number of aryl methyl sites for hydroxylation is 1. The topological polar surface area (TPSA) is 35.2 Å². The highest BCUT2D eigenvalue weighted by Gasteiger charge is 2.02. The van der Waals surface area contributed by atoms with E-state index in [0.717, 1.165) is 42.6 Å². The van der Waals surface area contributed by atoms with Gasteiger partial charge in [0.15, 0.2) is 0 Å². The Morgan fingerprint density at radius 3 is 2.71 bits per heavy atom. The number of hydrogen-bond donors (Lipinski definition) is 1. The Bertz CT molecular complexity index is 328. The Morgan fingerprint density at radius 2 is 2.06 bits per heavy atom. The zero-order chi connectivity index (χ0) is 12.5. The first-order valence-corrected chi connectivity index (χ1v) is 7.18. The molecule has 0 aliphatic carbocycles. The van der Waals surface area contributed by atoms with E-state index >= 15 is 0 Å². The van der Waals surface area contributed by atoms with E-state index in [1.54, 1.807) is 0 Å². The number of rotatable bonds is 8. The first-order chi connectivity index (χ1) is 8.27. The summed E-state index contributed by atoms with van der Waals surface area (Å²) < 4.78 is 6.68. The number of hydrogen-bond acceptors (Lipinski definition) is 2. The average molecular weight is 300 g/mol. The summed E-state index contributed by atoms with van der Waals surface area (Å²) in [5, 5.41) is 0. The molecule has 1 aromatic rings. The second-order valence-electron chi connectivity index (χ2n) is 4.21. The molecule has 0 aromatic heterocycles. The summed E-state index contributed by atoms with van der Waals surface area (Å²) in [6, 6.07) is 6.36. The van der Waals surface area contributed by atoms with Gasteiger partial charge in [-0.3, -0.25) is 0 Å². The number of halogens is 1. The summed E-state index contributed by atoms with van der Waals surface area (Å²) >= 11 is 3.55. The summed E-state index contributed by atoms with van der Waals surface area (Å²) in [5.74, 6) is 0.942. The molecule has 0 spiro atoms. The second kappa shape index (κ2) is 8.54. The molecule has 0 aliphatic heterocycles. The summed E-state index contributed by atoms with van der Waals surface area (Å²) in [5.41, 5.74) is 6.83. The number of ether oxygens (including phenoxy) is 1. The molecule has 0 unspecified atom stereocenters. The standard InChI is InChI=1S/C14H22BrNO/c1-2-10-17-14-8-7-12(11-13(14)15)6-4-3-5-9-16/h7-8,11H,2-6,9-10,16H2,1H3. The maximum Gasteiger partial charge on any atom is 0.133 e. The van der Waals surface area contributed by atoms with Crippen LogP contribution in [0.5, 0.6) is 5.75 Å². The number of nitrogens with two attached hydrogens (primary N) is 1. The van der Waals surface area contributed by atoms with Crippen LogP contribution < -0.4 is 10.5 Å². The third-order valence-electron chi connectivity index (χ3n) is 2.63. The molecule has 0 fully saturated rings. The van der Waals surface area contributed by atoms with Crippen molar-refractivity contribution in [2.75, 3.05) is 13.2 Å². The molecule has 0 amide bonds. The Morgan fingerprint density at radius 1 is 1.24 bits per heavy atom. The zero-order valence-electron chi connectivity index (χ0n) is 10.5. The third-order valence-corrected chi connectivity index (χ3v) is 3.25. The molecule has 96 valence electrons. The van der Waals surface area contributed by atoms with Gasteiger partial charge in [-0.1, -0.05) is 19.4 Å². The largest absolute Gasteiger partial charge is 0.492 e. The summed E-state index contributed by atoms with van der Waals surface area (Å²) in [4.78, 5) is 0. The van der Waals surface area contributed by atoms with Crippen LogP contribution in [0.4, 0.5) is 0 Å². The first-order valence-electron chi connectivity index (χ1n) is 6.39. The van der Waals surface area contributed by atoms with E-state index in [0.29, 0.717) is 0 Å². The van der Waals surface area contributed by atoms with Crippen molar-refractivity contribution < 1.29 is 4.74 Å². The van der Waals surface area contributed by atoms with Crippen molar-refractivity contribution in [1.82, 2.24) is 0 Å². The zero-order valence-corrected chi connectivity index (χ0v) is 12.1. The van der Waals surface area contributed by atoms with Gasteiger partial charge in [0.1, 0.15) is 5.75 Å². The van der Waals surface area contributed by atoms with Gasteiger partial charge in [0, 0.05) is 0 Å². The van der Waals surface area contributed by atoms with Crippen molar-refractivity contribution in [1.29, 1.82) is 0 Å². The predicted molar refractivity (Wildman–Crippen MR) is 76.5 cm³/mol. The molecular formula is C14H22BrNO. The first kappa shape index (κ1) is 14.5. The van der Waals surface area contributed by atoms with E-state index in [2.05, 4.69) is 41.1 Å². The Labute approximate surface area is 113 Å². The molecule has 0 heterocycles. The minimum Gasteiger partial charge on any atom is -0.492 e. The van der Waals surface area contributed by atoms with Crippen LogP contribution in [-0.4, -0.2) is 13.2 Å². The number of unbranched alkanes of at least 4 members (excludes halogenated alkanes) is 2. The van der Waals surface area contributed by atoms with Gasteiger partial charge in [-0.25, -0.2) is 0 Å². The minimum atomic E-state index is 0.772. The summed E-state index contributed by atoms with van der Waals surface area (Å²) in [6.45, 7) is 3.68. The fraction of sp³-hybridized carbons (Fsp3) is 0.571. The lowest BCUT2D eigenvalue weighted by Crippen LogP contribution is -1.98. The van der Waals surface area contributed by atoms with Crippen LogP contribution in [0, 0.1) is 0 Å². The average Bonchev–Trinajstić information content (AvgIpc) is 2.34. The molecular weight excluding hydrogens is 278 g/mol. The molecule has 0 atom stereocenters. The maximum atomic E-state index is 5.62. The fourth-order valence-corrected chi connectivity index (χ4v) is 2.22. The normalized spacial score (nSPS) is 10.5. The maximum absolute atomic E-state index is 5.62. The number of benzene rings is 1. The minimum absolute atomic E-state index is 0.772. The molecule has 2 nitrogen and oxygen atoms in total. The molecule has 1 rings (SSSR count). The van der Waals surface area contributed by atoms with Gasteiger partial charge in [-0.2, -0.15) is 0 Å². The Balaban J connectivity index is 2.44. The van der Waals surface area contributed by atoms with Crippen LogP contribution >= 0.6 is 15.9 Å². The van der Waals surface area contributed by atoms with Crippen molar-refractivity contribution in [2.24, 2.45) is 5.73 Å². The molecule has 0 saturated heterocycles. The lowest BCUT2D eigenvalue weighted by atomic mass is 10.1. The molecule has 0 radical (unpaired) electrons. The highest BCUT2D eigenvalue weighted by atomic mass is 79.9. The molecule has 0 saturated carbocycles. The van der Waals surface area contributed by atoms with E-state index in [-0.39, 0.29) is 0 Å². The van der Waals surface area contributed by atoms with E-state index in [4.69, 9.17) is 10.5 Å². The summed E-state index contributed by atoms with van der Waals surface area (Å²) in [6.07, 6.45) is 5.69. The van der Waals surface area contributed by atoms with Gasteiger partial charge in [0.05, 0.1) is 11.1 Å². The SMILES string of the molecule is CCCOc1ccc(CCCCCN)cc1Br. The van der Waals surface area contributed by atoms with Crippen LogP contribution in [0.25, 0.3) is 0 Å². The Kier molecular flexibility index (Phi) is 7.29. The van der Waals surface area contributed by atoms with Crippen LogP contribution in [0.2, 0.25) is 0 Å². The van der Waals surface area contributed by atoms with E-state index in [9.17, 15) is 0 Å². The van der Waals surface area contributed by atoms with Crippen molar-refractivity contribution in [3.05, 3.63) is 28.2 Å². The smallest absolute Gasteiger partial charge is 0.133 e.